The number of anilines is 2. The Labute approximate surface area is 165 Å². The monoisotopic (exact) mass is 412 g/mol. The van der Waals surface area contributed by atoms with Gasteiger partial charge in [0.05, 0.1) is 31.6 Å². The van der Waals surface area contributed by atoms with E-state index in [4.69, 9.17) is 33.9 Å². The summed E-state index contributed by atoms with van der Waals surface area (Å²) in [5.41, 5.74) is 0.528. The lowest BCUT2D eigenvalue weighted by molar-refractivity contribution is -0.123. The molecular formula is C16H17FN4O4S2. The SMILES string of the molecule is COC(=S)NC[C@H]1CN(c2ccc(N3CC(=O)N(C)C3=S)c(F)c2)C(=O)O1. The topological polar surface area (TPSA) is 74.4 Å². The number of carbonyl (C=O) groups excluding carboxylic acids is 2. The molecule has 1 atom stereocenters. The van der Waals surface area contributed by atoms with Crippen LogP contribution in [0.4, 0.5) is 20.6 Å². The number of thiocarbonyl (C=S) groups is 2. The minimum absolute atomic E-state index is 0.0233. The average Bonchev–Trinajstić information content (AvgIpc) is 3.14. The summed E-state index contributed by atoms with van der Waals surface area (Å²) in [6.07, 6.45) is -1.03. The molecule has 3 rings (SSSR count). The zero-order valence-electron chi connectivity index (χ0n) is 14.6. The summed E-state index contributed by atoms with van der Waals surface area (Å²) in [4.78, 5) is 27.9. The van der Waals surface area contributed by atoms with Crippen LogP contribution >= 0.6 is 24.4 Å². The van der Waals surface area contributed by atoms with Gasteiger partial charge in [0.1, 0.15) is 18.5 Å². The highest BCUT2D eigenvalue weighted by Crippen LogP contribution is 2.29. The Balaban J connectivity index is 1.72. The number of nitrogens with zero attached hydrogens (tertiary/aromatic N) is 3. The van der Waals surface area contributed by atoms with Crippen LogP contribution in [-0.2, 0) is 14.3 Å². The summed E-state index contributed by atoms with van der Waals surface area (Å²) in [6.45, 7) is 0.497. The molecular weight excluding hydrogens is 395 g/mol. The quantitative estimate of drug-likeness (QED) is 0.741. The van der Waals surface area contributed by atoms with Gasteiger partial charge in [-0.2, -0.15) is 0 Å². The molecule has 0 aromatic heterocycles. The number of hydrogen-bond donors (Lipinski definition) is 1. The van der Waals surface area contributed by atoms with Gasteiger partial charge in [0, 0.05) is 7.05 Å². The summed E-state index contributed by atoms with van der Waals surface area (Å²) in [7, 11) is 2.98. The second-order valence-electron chi connectivity index (χ2n) is 5.95. The molecule has 27 heavy (non-hydrogen) atoms. The molecule has 0 bridgehead atoms. The predicted octanol–water partition coefficient (Wildman–Crippen LogP) is 1.24. The van der Waals surface area contributed by atoms with E-state index in [0.29, 0.717) is 5.69 Å². The van der Waals surface area contributed by atoms with Crippen LogP contribution < -0.4 is 15.1 Å². The largest absolute Gasteiger partial charge is 0.474 e. The van der Waals surface area contributed by atoms with E-state index in [1.807, 2.05) is 0 Å². The lowest BCUT2D eigenvalue weighted by Gasteiger charge is -2.20. The van der Waals surface area contributed by atoms with Crippen molar-refractivity contribution in [3.63, 3.8) is 0 Å². The first-order chi connectivity index (χ1) is 12.8. The molecule has 2 aliphatic heterocycles. The van der Waals surface area contributed by atoms with Crippen LogP contribution in [0.15, 0.2) is 18.2 Å². The molecule has 0 aliphatic carbocycles. The Bertz CT molecular complexity index is 822. The maximum absolute atomic E-state index is 14.7. The van der Waals surface area contributed by atoms with Crippen molar-refractivity contribution in [2.75, 3.05) is 43.6 Å². The molecule has 2 saturated heterocycles. The van der Waals surface area contributed by atoms with Crippen LogP contribution in [0.5, 0.6) is 0 Å². The van der Waals surface area contributed by atoms with Gasteiger partial charge >= 0.3 is 6.09 Å². The number of benzene rings is 1. The molecule has 1 N–H and O–H groups in total. The van der Waals surface area contributed by atoms with Crippen molar-refractivity contribution in [3.05, 3.63) is 24.0 Å². The third-order valence-corrected chi connectivity index (χ3v) is 5.06. The molecule has 144 valence electrons. The first-order valence-corrected chi connectivity index (χ1v) is 8.81. The molecule has 2 amide bonds. The van der Waals surface area contributed by atoms with Crippen molar-refractivity contribution in [1.82, 2.24) is 10.2 Å². The number of carbonyl (C=O) groups is 2. The number of amides is 2. The molecule has 0 unspecified atom stereocenters. The Morgan fingerprint density at radius 3 is 2.74 bits per heavy atom. The summed E-state index contributed by atoms with van der Waals surface area (Å²) in [6, 6.07) is 4.29. The van der Waals surface area contributed by atoms with E-state index in [1.54, 1.807) is 13.1 Å². The smallest absolute Gasteiger partial charge is 0.414 e. The number of ether oxygens (including phenoxy) is 2. The molecule has 11 heteroatoms. The molecule has 2 aliphatic rings. The normalized spacial score (nSPS) is 19.6. The fourth-order valence-electron chi connectivity index (χ4n) is 2.78. The van der Waals surface area contributed by atoms with Crippen LogP contribution in [0.3, 0.4) is 0 Å². The summed E-state index contributed by atoms with van der Waals surface area (Å²) in [5.74, 6) is -0.802. The van der Waals surface area contributed by atoms with Gasteiger partial charge in [0.25, 0.3) is 5.17 Å². The van der Waals surface area contributed by atoms with Crippen LogP contribution in [0, 0.1) is 5.82 Å². The lowest BCUT2D eigenvalue weighted by Crippen LogP contribution is -2.34. The standard InChI is InChI=1S/C16H17FN4O4S2/c1-19-13(22)8-21(15(19)27)12-4-3-9(5-11(12)17)20-7-10(25-16(20)23)6-18-14(26)24-2/h3-5,10H,6-8H2,1-2H3,(H,18,26)/t10-/m0/s1. The van der Waals surface area contributed by atoms with Crippen molar-refractivity contribution in [2.24, 2.45) is 0 Å². The zero-order chi connectivity index (χ0) is 19.7. The minimum Gasteiger partial charge on any atom is -0.474 e. The minimum atomic E-state index is -0.590. The Morgan fingerprint density at radius 1 is 1.41 bits per heavy atom. The predicted molar refractivity (Wildman–Crippen MR) is 104 cm³/mol. The fraction of sp³-hybridized carbons (Fsp3) is 0.375. The molecule has 0 saturated carbocycles. The maximum Gasteiger partial charge on any atom is 0.414 e. The van der Waals surface area contributed by atoms with Crippen LogP contribution in [0.1, 0.15) is 0 Å². The third-order valence-electron chi connectivity index (χ3n) is 4.25. The van der Waals surface area contributed by atoms with Gasteiger partial charge in [0.2, 0.25) is 5.91 Å². The number of hydrogen-bond acceptors (Lipinski definition) is 6. The van der Waals surface area contributed by atoms with Gasteiger partial charge in [0.15, 0.2) is 5.11 Å². The van der Waals surface area contributed by atoms with Gasteiger partial charge in [-0.15, -0.1) is 0 Å². The van der Waals surface area contributed by atoms with Crippen molar-refractivity contribution in [1.29, 1.82) is 0 Å². The molecule has 8 nitrogen and oxygen atoms in total. The molecule has 0 radical (unpaired) electrons. The Kier molecular flexibility index (Phi) is 5.42. The second kappa shape index (κ2) is 7.61. The van der Waals surface area contributed by atoms with E-state index in [-0.39, 0.29) is 41.5 Å². The van der Waals surface area contributed by atoms with E-state index in [2.05, 4.69) is 5.32 Å². The highest BCUT2D eigenvalue weighted by molar-refractivity contribution is 7.80. The highest BCUT2D eigenvalue weighted by Gasteiger charge is 2.35. The highest BCUT2D eigenvalue weighted by atomic mass is 32.1. The zero-order valence-corrected chi connectivity index (χ0v) is 16.2. The fourth-order valence-corrected chi connectivity index (χ4v) is 3.12. The Hall–Kier alpha value is -2.53. The number of likely N-dealkylation sites (N-methyl/N-ethyl adjacent to an activating group) is 1. The molecule has 2 heterocycles. The maximum atomic E-state index is 14.7. The molecule has 0 spiro atoms. The molecule has 1 aromatic rings. The number of rotatable bonds is 4. The van der Waals surface area contributed by atoms with Gasteiger partial charge in [-0.3, -0.25) is 14.6 Å². The van der Waals surface area contributed by atoms with Gasteiger partial charge in [-0.1, -0.05) is 0 Å². The van der Waals surface area contributed by atoms with Crippen molar-refractivity contribution in [3.8, 4) is 0 Å². The lowest BCUT2D eigenvalue weighted by atomic mass is 10.2. The summed E-state index contributed by atoms with van der Waals surface area (Å²) < 4.78 is 24.7. The van der Waals surface area contributed by atoms with E-state index < -0.39 is 18.0 Å². The third kappa shape index (κ3) is 3.78. The number of cyclic esters (lactones) is 1. The van der Waals surface area contributed by atoms with E-state index in [9.17, 15) is 14.0 Å². The molecule has 2 fully saturated rings. The number of methoxy groups -OCH3 is 1. The number of nitrogens with one attached hydrogen (secondary N) is 1. The number of halogens is 1. The van der Waals surface area contributed by atoms with E-state index in [0.717, 1.165) is 0 Å². The van der Waals surface area contributed by atoms with Gasteiger partial charge in [-0.05, 0) is 42.6 Å². The summed E-state index contributed by atoms with van der Waals surface area (Å²) in [5, 5.41) is 3.24. The average molecular weight is 412 g/mol. The van der Waals surface area contributed by atoms with E-state index >= 15 is 0 Å². The van der Waals surface area contributed by atoms with Crippen molar-refractivity contribution in [2.45, 2.75) is 6.10 Å². The van der Waals surface area contributed by atoms with Gasteiger partial charge < -0.3 is 19.7 Å². The van der Waals surface area contributed by atoms with Crippen LogP contribution in [-0.4, -0.2) is 67.1 Å². The van der Waals surface area contributed by atoms with Crippen molar-refractivity contribution < 1.29 is 23.5 Å². The summed E-state index contributed by atoms with van der Waals surface area (Å²) >= 11 is 10.0. The van der Waals surface area contributed by atoms with E-state index in [1.165, 1.54) is 33.9 Å². The van der Waals surface area contributed by atoms with Crippen LogP contribution in [0.25, 0.3) is 0 Å². The van der Waals surface area contributed by atoms with Crippen molar-refractivity contribution >= 4 is 58.1 Å². The van der Waals surface area contributed by atoms with Crippen LogP contribution in [0.2, 0.25) is 0 Å². The Morgan fingerprint density at radius 2 is 2.15 bits per heavy atom. The molecule has 1 aromatic carbocycles. The van der Waals surface area contributed by atoms with Gasteiger partial charge in [-0.25, -0.2) is 9.18 Å². The first-order valence-electron chi connectivity index (χ1n) is 7.99. The first kappa shape index (κ1) is 19.2. The second-order valence-corrected chi connectivity index (χ2v) is 6.68.